The normalized spacial score (nSPS) is 12.8. The summed E-state index contributed by atoms with van der Waals surface area (Å²) < 4.78 is 26.3. The Morgan fingerprint density at radius 2 is 1.90 bits per heavy atom. The highest BCUT2D eigenvalue weighted by molar-refractivity contribution is 7.89. The molecular weight excluding hydrogens is 284 g/mol. The molecule has 110 valence electrons. The van der Waals surface area contributed by atoms with Gasteiger partial charge in [0.25, 0.3) is 0 Å². The number of nitrogens with zero attached hydrogens (tertiary/aromatic N) is 1. The zero-order valence-corrected chi connectivity index (χ0v) is 12.1. The Balaban J connectivity index is 3.03. The van der Waals surface area contributed by atoms with Gasteiger partial charge in [-0.2, -0.15) is 4.72 Å². The second-order valence-corrected chi connectivity index (χ2v) is 6.12. The summed E-state index contributed by atoms with van der Waals surface area (Å²) in [7, 11) is -0.931. The zero-order valence-electron chi connectivity index (χ0n) is 11.3. The molecule has 0 bridgehead atoms. The fourth-order valence-electron chi connectivity index (χ4n) is 1.53. The van der Waals surface area contributed by atoms with Crippen LogP contribution in [0.4, 0.5) is 0 Å². The van der Waals surface area contributed by atoms with Crippen molar-refractivity contribution in [2.45, 2.75) is 17.9 Å². The lowest BCUT2D eigenvalue weighted by atomic mass is 10.2. The first-order valence-corrected chi connectivity index (χ1v) is 7.20. The summed E-state index contributed by atoms with van der Waals surface area (Å²) in [6.45, 7) is 1.42. The number of hydrogen-bond acceptors (Lipinski definition) is 4. The number of carbonyl (C=O) groups excluding carboxylic acids is 1. The van der Waals surface area contributed by atoms with E-state index in [1.54, 1.807) is 0 Å². The van der Waals surface area contributed by atoms with Crippen LogP contribution in [0.25, 0.3) is 0 Å². The van der Waals surface area contributed by atoms with E-state index in [0.717, 1.165) is 6.07 Å². The van der Waals surface area contributed by atoms with E-state index in [9.17, 15) is 18.0 Å². The van der Waals surface area contributed by atoms with E-state index >= 15 is 0 Å². The molecule has 0 saturated carbocycles. The summed E-state index contributed by atoms with van der Waals surface area (Å²) in [5, 5.41) is 8.84. The third kappa shape index (κ3) is 3.78. The topological polar surface area (TPSA) is 104 Å². The predicted molar refractivity (Wildman–Crippen MR) is 71.9 cm³/mol. The van der Waals surface area contributed by atoms with Crippen molar-refractivity contribution >= 4 is 21.9 Å². The van der Waals surface area contributed by atoms with Crippen LogP contribution in [-0.4, -0.2) is 50.4 Å². The highest BCUT2D eigenvalue weighted by Gasteiger charge is 2.23. The van der Waals surface area contributed by atoms with Gasteiger partial charge in [-0.15, -0.1) is 0 Å². The highest BCUT2D eigenvalue weighted by atomic mass is 32.2. The lowest BCUT2D eigenvalue weighted by Gasteiger charge is -2.18. The summed E-state index contributed by atoms with van der Waals surface area (Å²) >= 11 is 0. The van der Waals surface area contributed by atoms with Crippen LogP contribution in [0.2, 0.25) is 0 Å². The molecule has 0 aliphatic heterocycles. The third-order valence-electron chi connectivity index (χ3n) is 2.53. The van der Waals surface area contributed by atoms with E-state index in [4.69, 9.17) is 5.11 Å². The van der Waals surface area contributed by atoms with Crippen LogP contribution in [0.1, 0.15) is 17.3 Å². The molecule has 1 aromatic rings. The highest BCUT2D eigenvalue weighted by Crippen LogP contribution is 2.12. The SMILES string of the molecule is CC(NS(=O)(=O)c1cccc(C(=O)O)c1)C(=O)N(C)C. The van der Waals surface area contributed by atoms with Crippen molar-refractivity contribution in [3.05, 3.63) is 29.8 Å². The van der Waals surface area contributed by atoms with Gasteiger partial charge in [0.15, 0.2) is 0 Å². The van der Waals surface area contributed by atoms with Crippen molar-refractivity contribution in [2.75, 3.05) is 14.1 Å². The van der Waals surface area contributed by atoms with Crippen LogP contribution in [0.15, 0.2) is 29.2 Å². The Bertz CT molecular complexity index is 624. The molecule has 2 N–H and O–H groups in total. The monoisotopic (exact) mass is 300 g/mol. The number of aromatic carboxylic acids is 1. The lowest BCUT2D eigenvalue weighted by Crippen LogP contribution is -2.44. The summed E-state index contributed by atoms with van der Waals surface area (Å²) in [6, 6.07) is 3.98. The molecule has 8 heteroatoms. The molecule has 0 aromatic heterocycles. The number of benzene rings is 1. The van der Waals surface area contributed by atoms with Crippen LogP contribution in [0.5, 0.6) is 0 Å². The second-order valence-electron chi connectivity index (χ2n) is 4.41. The van der Waals surface area contributed by atoms with Crippen LogP contribution in [-0.2, 0) is 14.8 Å². The van der Waals surface area contributed by atoms with E-state index in [0.29, 0.717) is 0 Å². The van der Waals surface area contributed by atoms with Crippen molar-refractivity contribution < 1.29 is 23.1 Å². The molecule has 0 saturated heterocycles. The largest absolute Gasteiger partial charge is 0.478 e. The first-order chi connectivity index (χ1) is 9.15. The molecule has 0 radical (unpaired) electrons. The third-order valence-corrected chi connectivity index (χ3v) is 4.07. The number of amides is 1. The van der Waals surface area contributed by atoms with Gasteiger partial charge in [0.2, 0.25) is 15.9 Å². The van der Waals surface area contributed by atoms with Crippen molar-refractivity contribution in [1.29, 1.82) is 0 Å². The quantitative estimate of drug-likeness (QED) is 0.805. The average molecular weight is 300 g/mol. The number of carbonyl (C=O) groups is 2. The van der Waals surface area contributed by atoms with Crippen LogP contribution >= 0.6 is 0 Å². The number of sulfonamides is 1. The molecule has 0 fully saturated rings. The van der Waals surface area contributed by atoms with Gasteiger partial charge >= 0.3 is 5.97 Å². The van der Waals surface area contributed by atoms with E-state index < -0.39 is 27.9 Å². The standard InChI is InChI=1S/C12H16N2O5S/c1-8(11(15)14(2)3)13-20(18,19)10-6-4-5-9(7-10)12(16)17/h4-8,13H,1-3H3,(H,16,17). The summed E-state index contributed by atoms with van der Waals surface area (Å²) in [5.74, 6) is -1.62. The number of carboxylic acids is 1. The van der Waals surface area contributed by atoms with Gasteiger partial charge in [-0.3, -0.25) is 4.79 Å². The molecular formula is C12H16N2O5S. The first-order valence-electron chi connectivity index (χ1n) is 5.72. The van der Waals surface area contributed by atoms with Crippen LogP contribution in [0, 0.1) is 0 Å². The van der Waals surface area contributed by atoms with Gasteiger partial charge in [-0.25, -0.2) is 13.2 Å². The molecule has 1 rings (SSSR count). The van der Waals surface area contributed by atoms with Crippen LogP contribution < -0.4 is 4.72 Å². The minimum absolute atomic E-state index is 0.139. The van der Waals surface area contributed by atoms with Crippen molar-refractivity contribution in [1.82, 2.24) is 9.62 Å². The van der Waals surface area contributed by atoms with Gasteiger partial charge in [0.1, 0.15) is 0 Å². The summed E-state index contributed by atoms with van der Waals surface area (Å²) in [4.78, 5) is 23.5. The molecule has 1 unspecified atom stereocenters. The predicted octanol–water partition coefficient (Wildman–Crippen LogP) is 0.140. The fraction of sp³-hybridized carbons (Fsp3) is 0.333. The maximum atomic E-state index is 12.1. The summed E-state index contributed by atoms with van der Waals surface area (Å²) in [5.41, 5.74) is -0.139. The Morgan fingerprint density at radius 3 is 2.40 bits per heavy atom. The van der Waals surface area contributed by atoms with Gasteiger partial charge < -0.3 is 10.0 Å². The maximum Gasteiger partial charge on any atom is 0.335 e. The van der Waals surface area contributed by atoms with E-state index in [-0.39, 0.29) is 10.5 Å². The molecule has 0 spiro atoms. The van der Waals surface area contributed by atoms with E-state index in [2.05, 4.69) is 4.72 Å². The van der Waals surface area contributed by atoms with E-state index in [1.807, 2.05) is 0 Å². The molecule has 0 aliphatic carbocycles. The van der Waals surface area contributed by atoms with Gasteiger partial charge in [-0.1, -0.05) is 6.07 Å². The van der Waals surface area contributed by atoms with Crippen molar-refractivity contribution in [3.63, 3.8) is 0 Å². The Hall–Kier alpha value is -1.93. The zero-order chi connectivity index (χ0) is 15.5. The number of nitrogens with one attached hydrogen (secondary N) is 1. The van der Waals surface area contributed by atoms with Gasteiger partial charge in [0, 0.05) is 14.1 Å². The van der Waals surface area contributed by atoms with Crippen molar-refractivity contribution in [2.24, 2.45) is 0 Å². The molecule has 1 amide bonds. The smallest absolute Gasteiger partial charge is 0.335 e. The maximum absolute atomic E-state index is 12.1. The number of carboxylic acid groups (broad SMARTS) is 1. The molecule has 1 atom stereocenters. The number of likely N-dealkylation sites (N-methyl/N-ethyl adjacent to an activating group) is 1. The number of rotatable bonds is 5. The van der Waals surface area contributed by atoms with Crippen LogP contribution in [0.3, 0.4) is 0 Å². The number of hydrogen-bond donors (Lipinski definition) is 2. The lowest BCUT2D eigenvalue weighted by molar-refractivity contribution is -0.130. The van der Waals surface area contributed by atoms with Gasteiger partial charge in [0.05, 0.1) is 16.5 Å². The second kappa shape index (κ2) is 6.02. The molecule has 0 heterocycles. The summed E-state index contributed by atoms with van der Waals surface area (Å²) in [6.07, 6.45) is 0. The minimum Gasteiger partial charge on any atom is -0.478 e. The Kier molecular flexibility index (Phi) is 4.85. The van der Waals surface area contributed by atoms with E-state index in [1.165, 1.54) is 44.1 Å². The molecule has 7 nitrogen and oxygen atoms in total. The van der Waals surface area contributed by atoms with Gasteiger partial charge in [-0.05, 0) is 25.1 Å². The minimum atomic E-state index is -3.95. The van der Waals surface area contributed by atoms with Crippen molar-refractivity contribution in [3.8, 4) is 0 Å². The average Bonchev–Trinajstić information content (AvgIpc) is 2.37. The first kappa shape index (κ1) is 16.1. The Labute approximate surface area is 117 Å². The fourth-order valence-corrected chi connectivity index (χ4v) is 2.78. The Morgan fingerprint density at radius 1 is 1.30 bits per heavy atom. The molecule has 0 aliphatic rings. The molecule has 1 aromatic carbocycles. The molecule has 20 heavy (non-hydrogen) atoms.